The molecule has 0 saturated carbocycles. The molecule has 9 heteroatoms. The Morgan fingerprint density at radius 2 is 1.25 bits per heavy atom. The van der Waals surface area contributed by atoms with Gasteiger partial charge >= 0.3 is 23.1 Å². The maximum atomic E-state index is 5.96. The Balaban J connectivity index is 0.000000182. The van der Waals surface area contributed by atoms with Crippen molar-refractivity contribution in [3.05, 3.63) is 167 Å². The zero-order valence-electron chi connectivity index (χ0n) is 35.5. The van der Waals surface area contributed by atoms with E-state index in [4.69, 9.17) is 19.3 Å². The summed E-state index contributed by atoms with van der Waals surface area (Å²) in [7, 11) is 0. The van der Waals surface area contributed by atoms with Crippen LogP contribution in [0.3, 0.4) is 0 Å². The SMILES string of the molecule is [Br-].[Mg+2].c1ccc(CCCON2CCCc3ccccc32)cc1.c1ccc(CCCOOCC2CCCCO2)cc1.c1ccc2c(c1)CCCN2.c1ccc2c(c1)CCC[N-]2. The molecule has 5 aromatic carbocycles. The number of hydrogen-bond donors (Lipinski definition) is 1. The van der Waals surface area contributed by atoms with Gasteiger partial charge in [-0.2, -0.15) is 0 Å². The van der Waals surface area contributed by atoms with E-state index in [0.29, 0.717) is 13.2 Å². The Morgan fingerprint density at radius 1 is 0.617 bits per heavy atom. The van der Waals surface area contributed by atoms with Crippen LogP contribution in [0.25, 0.3) is 5.32 Å². The summed E-state index contributed by atoms with van der Waals surface area (Å²) < 4.78 is 5.55. The Bertz CT molecular complexity index is 1750. The largest absolute Gasteiger partial charge is 2.00 e. The first-order chi connectivity index (χ1) is 28.8. The second-order valence-electron chi connectivity index (χ2n) is 15.2. The molecule has 0 radical (unpaired) electrons. The van der Waals surface area contributed by atoms with Gasteiger partial charge in [-0.25, -0.2) is 9.78 Å². The number of halogens is 1. The molecule has 5 aromatic rings. The molecule has 316 valence electrons. The van der Waals surface area contributed by atoms with Gasteiger partial charge in [-0.3, -0.25) is 9.90 Å². The van der Waals surface area contributed by atoms with Gasteiger partial charge in [-0.05, 0) is 111 Å². The smallest absolute Gasteiger partial charge is 1.00 e. The van der Waals surface area contributed by atoms with Crippen molar-refractivity contribution in [2.75, 3.05) is 56.4 Å². The van der Waals surface area contributed by atoms with Gasteiger partial charge < -0.3 is 32.4 Å². The Kier molecular flexibility index (Phi) is 24.4. The summed E-state index contributed by atoms with van der Waals surface area (Å²) in [6, 6.07) is 46.5. The molecule has 0 aliphatic carbocycles. The van der Waals surface area contributed by atoms with Crippen LogP contribution in [0.15, 0.2) is 133 Å². The maximum Gasteiger partial charge on any atom is 2.00 e. The number of nitrogens with zero attached hydrogens (tertiary/aromatic N) is 2. The molecular weight excluding hydrogens is 823 g/mol. The topological polar surface area (TPSA) is 66.3 Å². The number of hydrogen-bond acceptors (Lipinski definition) is 6. The molecule has 0 spiro atoms. The Hall–Kier alpha value is -3.41. The zero-order valence-corrected chi connectivity index (χ0v) is 38.5. The van der Waals surface area contributed by atoms with Crippen molar-refractivity contribution < 1.29 is 36.3 Å². The minimum absolute atomic E-state index is 0. The summed E-state index contributed by atoms with van der Waals surface area (Å²) >= 11 is 0. The maximum absolute atomic E-state index is 5.96. The third kappa shape index (κ3) is 17.9. The molecule has 9 rings (SSSR count). The van der Waals surface area contributed by atoms with E-state index in [1.165, 1.54) is 96.2 Å². The van der Waals surface area contributed by atoms with Crippen LogP contribution in [-0.4, -0.2) is 75.2 Å². The average molecular weight is 887 g/mol. The van der Waals surface area contributed by atoms with Gasteiger partial charge in [0.2, 0.25) is 0 Å². The molecule has 0 aromatic heterocycles. The molecule has 7 nitrogen and oxygen atoms in total. The summed E-state index contributed by atoms with van der Waals surface area (Å²) in [6.45, 7) is 5.99. The molecule has 1 saturated heterocycles. The van der Waals surface area contributed by atoms with Gasteiger partial charge in [-0.1, -0.05) is 133 Å². The number of ether oxygens (including phenoxy) is 1. The fourth-order valence-corrected chi connectivity index (χ4v) is 7.59. The van der Waals surface area contributed by atoms with Crippen LogP contribution < -0.4 is 27.4 Å². The standard InChI is InChI=1S/C18H21NO.C15H22O3.C9H11N.C9H10N.BrH.Mg/c1-2-8-16(9-3-1)10-7-15-20-19-14-6-12-17-11-4-5-13-18(17)19;1-2-7-14(8-3-1)9-6-12-17-18-13-15-10-4-5-11-16-15;2*1-2-6-9-8(4-1)5-3-7-10-9;;/h1-5,8-9,11,13H,6-7,10,12,14-15H2;1-3,7-8,15H,4-6,9-13H2;1-2,4,6,10H,3,5,7H2;1-2,4,6H,3,5,7H2;1H;/q;;;-1;;+2/p-1. The molecule has 4 aliphatic heterocycles. The van der Waals surface area contributed by atoms with Crippen molar-refractivity contribution in [3.8, 4) is 0 Å². The first-order valence-electron chi connectivity index (χ1n) is 21.8. The van der Waals surface area contributed by atoms with Crippen LogP contribution in [0.5, 0.6) is 0 Å². The quantitative estimate of drug-likeness (QED) is 0.0588. The van der Waals surface area contributed by atoms with Crippen molar-refractivity contribution in [1.29, 1.82) is 0 Å². The Morgan fingerprint density at radius 3 is 1.97 bits per heavy atom. The molecular formula is C51H64BrMgN3O4. The summed E-state index contributed by atoms with van der Waals surface area (Å²) in [5.41, 5.74) is 10.8. The van der Waals surface area contributed by atoms with Crippen LogP contribution in [0, 0.1) is 0 Å². The predicted molar refractivity (Wildman–Crippen MR) is 245 cm³/mol. The predicted octanol–water partition coefficient (Wildman–Crippen LogP) is 8.45. The minimum atomic E-state index is 0. The van der Waals surface area contributed by atoms with Crippen LogP contribution >= 0.6 is 0 Å². The van der Waals surface area contributed by atoms with Crippen molar-refractivity contribution in [3.63, 3.8) is 0 Å². The van der Waals surface area contributed by atoms with E-state index in [1.54, 1.807) is 0 Å². The number of rotatable bonds is 12. The molecule has 1 atom stereocenters. The minimum Gasteiger partial charge on any atom is -1.00 e. The van der Waals surface area contributed by atoms with Crippen LogP contribution in [0.2, 0.25) is 0 Å². The number of hydroxylamine groups is 1. The monoisotopic (exact) mass is 885 g/mol. The van der Waals surface area contributed by atoms with Gasteiger partial charge in [0.15, 0.2) is 0 Å². The number of nitrogens with one attached hydrogen (secondary N) is 1. The molecule has 1 unspecified atom stereocenters. The van der Waals surface area contributed by atoms with E-state index >= 15 is 0 Å². The van der Waals surface area contributed by atoms with Crippen LogP contribution in [0.1, 0.15) is 79.2 Å². The Labute approximate surface area is 386 Å². The van der Waals surface area contributed by atoms with E-state index in [9.17, 15) is 0 Å². The van der Waals surface area contributed by atoms with Gasteiger partial charge in [0.1, 0.15) is 6.61 Å². The third-order valence-corrected chi connectivity index (χ3v) is 10.7. The van der Waals surface area contributed by atoms with Crippen molar-refractivity contribution in [2.24, 2.45) is 0 Å². The average Bonchev–Trinajstić information content (AvgIpc) is 3.31. The zero-order chi connectivity index (χ0) is 39.7. The normalized spacial score (nSPS) is 15.9. The van der Waals surface area contributed by atoms with E-state index in [0.717, 1.165) is 65.0 Å². The van der Waals surface area contributed by atoms with Gasteiger partial charge in [0.25, 0.3) is 0 Å². The molecule has 0 bridgehead atoms. The number of fused-ring (bicyclic) bond motifs is 3. The van der Waals surface area contributed by atoms with Gasteiger partial charge in [0.05, 0.1) is 25.0 Å². The molecule has 1 N–H and O–H groups in total. The summed E-state index contributed by atoms with van der Waals surface area (Å²) in [4.78, 5) is 16.3. The third-order valence-electron chi connectivity index (χ3n) is 10.7. The van der Waals surface area contributed by atoms with E-state index in [-0.39, 0.29) is 46.1 Å². The van der Waals surface area contributed by atoms with E-state index < -0.39 is 0 Å². The molecule has 4 aliphatic rings. The molecule has 1 fully saturated rings. The van der Waals surface area contributed by atoms with E-state index in [2.05, 4.69) is 137 Å². The summed E-state index contributed by atoms with van der Waals surface area (Å²) in [5.74, 6) is 0. The second-order valence-corrected chi connectivity index (χ2v) is 15.2. The van der Waals surface area contributed by atoms with Gasteiger partial charge in [-0.15, -0.1) is 12.2 Å². The fraction of sp³-hybridized carbons (Fsp3) is 0.412. The molecule has 60 heavy (non-hydrogen) atoms. The second kappa shape index (κ2) is 29.8. The van der Waals surface area contributed by atoms with E-state index in [1.807, 2.05) is 12.1 Å². The first kappa shape index (κ1) is 49.2. The summed E-state index contributed by atoms with van der Waals surface area (Å²) in [6.07, 6.45) is 15.2. The fourth-order valence-electron chi connectivity index (χ4n) is 7.59. The first-order valence-corrected chi connectivity index (χ1v) is 21.8. The number of aryl methyl sites for hydroxylation is 5. The number of para-hydroxylation sites is 3. The number of anilines is 2. The van der Waals surface area contributed by atoms with Crippen molar-refractivity contribution in [2.45, 2.75) is 89.6 Å². The molecule has 0 amide bonds. The van der Waals surface area contributed by atoms with Crippen LogP contribution in [-0.2, 0) is 51.5 Å². The van der Waals surface area contributed by atoms with Gasteiger partial charge in [0, 0.05) is 25.4 Å². The van der Waals surface area contributed by atoms with Crippen molar-refractivity contribution in [1.82, 2.24) is 0 Å². The summed E-state index contributed by atoms with van der Waals surface area (Å²) in [5, 5.41) is 9.83. The number of benzene rings is 5. The van der Waals surface area contributed by atoms with Crippen molar-refractivity contribution >= 4 is 40.1 Å². The van der Waals surface area contributed by atoms with Crippen LogP contribution in [0.4, 0.5) is 17.1 Å². The molecule has 4 heterocycles.